The fourth-order valence-corrected chi connectivity index (χ4v) is 3.38. The number of hydrogen-bond donors (Lipinski definition) is 1. The summed E-state index contributed by atoms with van der Waals surface area (Å²) in [5.41, 5.74) is 2.37. The van der Waals surface area contributed by atoms with Crippen molar-refractivity contribution in [3.05, 3.63) is 69.7 Å². The van der Waals surface area contributed by atoms with Crippen molar-refractivity contribution in [2.24, 2.45) is 0 Å². The largest absolute Gasteiger partial charge is 0.353 e. The van der Waals surface area contributed by atoms with Gasteiger partial charge < -0.3 is 5.32 Å². The van der Waals surface area contributed by atoms with E-state index < -0.39 is 0 Å². The van der Waals surface area contributed by atoms with Crippen LogP contribution in [0.2, 0.25) is 10.0 Å². The van der Waals surface area contributed by atoms with Gasteiger partial charge in [-0.15, -0.1) is 0 Å². The Bertz CT molecular complexity index is 682. The van der Waals surface area contributed by atoms with Crippen LogP contribution in [0.15, 0.2) is 48.5 Å². The number of rotatable bonds is 9. The van der Waals surface area contributed by atoms with Gasteiger partial charge in [-0.25, -0.2) is 0 Å². The van der Waals surface area contributed by atoms with Gasteiger partial charge in [-0.05, 0) is 55.2 Å². The van der Waals surface area contributed by atoms with Crippen molar-refractivity contribution in [3.63, 3.8) is 0 Å². The van der Waals surface area contributed by atoms with E-state index in [1.54, 1.807) is 0 Å². The van der Waals surface area contributed by atoms with Crippen LogP contribution in [-0.4, -0.2) is 11.9 Å². The Morgan fingerprint density at radius 2 is 1.54 bits per heavy atom. The molecule has 0 bridgehead atoms. The summed E-state index contributed by atoms with van der Waals surface area (Å²) in [6.07, 6.45) is 4.57. The van der Waals surface area contributed by atoms with Crippen molar-refractivity contribution in [3.8, 4) is 0 Å². The molecule has 0 aliphatic rings. The quantitative estimate of drug-likeness (QED) is 0.491. The first-order valence-electron chi connectivity index (χ1n) is 9.29. The number of carbonyl (C=O) groups is 1. The van der Waals surface area contributed by atoms with E-state index in [-0.39, 0.29) is 17.9 Å². The van der Waals surface area contributed by atoms with Gasteiger partial charge in [0.2, 0.25) is 5.91 Å². The third-order valence-corrected chi connectivity index (χ3v) is 5.17. The van der Waals surface area contributed by atoms with Crippen LogP contribution in [0.4, 0.5) is 0 Å². The van der Waals surface area contributed by atoms with Gasteiger partial charge in [0, 0.05) is 28.4 Å². The molecule has 0 spiro atoms. The van der Waals surface area contributed by atoms with Crippen LogP contribution in [0.3, 0.4) is 0 Å². The zero-order valence-electron chi connectivity index (χ0n) is 15.5. The van der Waals surface area contributed by atoms with Crippen molar-refractivity contribution in [2.45, 2.75) is 57.9 Å². The van der Waals surface area contributed by atoms with Gasteiger partial charge in [0.25, 0.3) is 0 Å². The highest BCUT2D eigenvalue weighted by molar-refractivity contribution is 6.30. The van der Waals surface area contributed by atoms with Crippen LogP contribution in [0, 0.1) is 0 Å². The molecular formula is C22H27Cl2NO. The van der Waals surface area contributed by atoms with E-state index in [0.29, 0.717) is 6.42 Å². The van der Waals surface area contributed by atoms with Crippen molar-refractivity contribution >= 4 is 29.1 Å². The SMILES string of the molecule is CCCCCC(=O)N[C@H](C)[C@H](Cc1ccc(Cl)cc1)c1ccc(Cl)cc1. The number of halogens is 2. The first kappa shape index (κ1) is 20.8. The van der Waals surface area contributed by atoms with Gasteiger partial charge in [0.1, 0.15) is 0 Å². The maximum absolute atomic E-state index is 12.3. The molecule has 0 fully saturated rings. The molecule has 0 aliphatic heterocycles. The highest BCUT2D eigenvalue weighted by Crippen LogP contribution is 2.27. The second-order valence-corrected chi connectivity index (χ2v) is 7.67. The Morgan fingerprint density at radius 1 is 0.962 bits per heavy atom. The first-order valence-corrected chi connectivity index (χ1v) is 10.0. The maximum atomic E-state index is 12.3. The van der Waals surface area contributed by atoms with Crippen LogP contribution in [-0.2, 0) is 11.2 Å². The van der Waals surface area contributed by atoms with Crippen molar-refractivity contribution in [2.75, 3.05) is 0 Å². The minimum absolute atomic E-state index is 0.0287. The summed E-state index contributed by atoms with van der Waals surface area (Å²) >= 11 is 12.0. The fraction of sp³-hybridized carbons (Fsp3) is 0.409. The highest BCUT2D eigenvalue weighted by atomic mass is 35.5. The van der Waals surface area contributed by atoms with Crippen LogP contribution in [0.25, 0.3) is 0 Å². The van der Waals surface area contributed by atoms with Crippen LogP contribution in [0.5, 0.6) is 0 Å². The van der Waals surface area contributed by atoms with Gasteiger partial charge in [-0.3, -0.25) is 4.79 Å². The molecule has 4 heteroatoms. The average molecular weight is 392 g/mol. The Kier molecular flexibility index (Phi) is 8.47. The lowest BCUT2D eigenvalue weighted by Crippen LogP contribution is -2.37. The number of nitrogens with one attached hydrogen (secondary N) is 1. The van der Waals surface area contributed by atoms with Crippen LogP contribution >= 0.6 is 23.2 Å². The number of hydrogen-bond acceptors (Lipinski definition) is 1. The van der Waals surface area contributed by atoms with Gasteiger partial charge in [-0.2, -0.15) is 0 Å². The van der Waals surface area contributed by atoms with Crippen LogP contribution < -0.4 is 5.32 Å². The molecule has 1 N–H and O–H groups in total. The summed E-state index contributed by atoms with van der Waals surface area (Å²) in [5, 5.41) is 4.63. The van der Waals surface area contributed by atoms with E-state index in [1.165, 1.54) is 11.1 Å². The van der Waals surface area contributed by atoms with E-state index in [0.717, 1.165) is 35.7 Å². The fourth-order valence-electron chi connectivity index (χ4n) is 3.13. The van der Waals surface area contributed by atoms with Crippen LogP contribution in [0.1, 0.15) is 56.6 Å². The lowest BCUT2D eigenvalue weighted by atomic mass is 9.86. The van der Waals surface area contributed by atoms with Gasteiger partial charge in [0.05, 0.1) is 0 Å². The molecule has 1 amide bonds. The maximum Gasteiger partial charge on any atom is 0.220 e. The predicted octanol–water partition coefficient (Wildman–Crippen LogP) is 6.40. The average Bonchev–Trinajstić information content (AvgIpc) is 2.62. The summed E-state index contributed by atoms with van der Waals surface area (Å²) in [4.78, 5) is 12.3. The van der Waals surface area contributed by atoms with Crippen molar-refractivity contribution in [1.82, 2.24) is 5.32 Å². The third-order valence-electron chi connectivity index (χ3n) is 4.67. The molecule has 2 rings (SSSR count). The summed E-state index contributed by atoms with van der Waals surface area (Å²) in [7, 11) is 0. The standard InChI is InChI=1S/C22H27Cl2NO/c1-3-4-5-6-22(26)25-16(2)21(18-9-13-20(24)14-10-18)15-17-7-11-19(23)12-8-17/h7-14,16,21H,3-6,15H2,1-2H3,(H,25,26)/t16-,21+/m1/s1. The summed E-state index contributed by atoms with van der Waals surface area (Å²) in [6, 6.07) is 15.8. The Morgan fingerprint density at radius 3 is 2.12 bits per heavy atom. The molecular weight excluding hydrogens is 365 g/mol. The molecule has 2 aromatic carbocycles. The van der Waals surface area contributed by atoms with E-state index in [1.807, 2.05) is 48.5 Å². The molecule has 0 radical (unpaired) electrons. The molecule has 2 atom stereocenters. The molecule has 0 unspecified atom stereocenters. The van der Waals surface area contributed by atoms with E-state index in [9.17, 15) is 4.79 Å². The van der Waals surface area contributed by atoms with Crippen molar-refractivity contribution in [1.29, 1.82) is 0 Å². The normalized spacial score (nSPS) is 13.2. The van der Waals surface area contributed by atoms with Gasteiger partial charge in [0.15, 0.2) is 0 Å². The topological polar surface area (TPSA) is 29.1 Å². The Hall–Kier alpha value is -1.51. The first-order chi connectivity index (χ1) is 12.5. The smallest absolute Gasteiger partial charge is 0.220 e. The lowest BCUT2D eigenvalue weighted by molar-refractivity contribution is -0.121. The van der Waals surface area contributed by atoms with Gasteiger partial charge in [-0.1, -0.05) is 67.2 Å². The predicted molar refractivity (Wildman–Crippen MR) is 111 cm³/mol. The molecule has 2 aromatic rings. The number of carbonyl (C=O) groups excluding carboxylic acids is 1. The minimum atomic E-state index is 0.0287. The Labute approximate surface area is 166 Å². The van der Waals surface area contributed by atoms with Crippen molar-refractivity contribution < 1.29 is 4.79 Å². The molecule has 140 valence electrons. The van der Waals surface area contributed by atoms with E-state index in [4.69, 9.17) is 23.2 Å². The van der Waals surface area contributed by atoms with Gasteiger partial charge >= 0.3 is 0 Å². The Balaban J connectivity index is 2.12. The molecule has 0 aromatic heterocycles. The second-order valence-electron chi connectivity index (χ2n) is 6.80. The zero-order chi connectivity index (χ0) is 18.9. The van der Waals surface area contributed by atoms with E-state index in [2.05, 4.69) is 19.2 Å². The molecule has 26 heavy (non-hydrogen) atoms. The summed E-state index contributed by atoms with van der Waals surface area (Å²) in [5.74, 6) is 0.296. The number of amides is 1. The number of benzene rings is 2. The van der Waals surface area contributed by atoms with E-state index >= 15 is 0 Å². The third kappa shape index (κ3) is 6.66. The molecule has 0 saturated heterocycles. The monoisotopic (exact) mass is 391 g/mol. The molecule has 0 heterocycles. The number of unbranched alkanes of at least 4 members (excludes halogenated alkanes) is 2. The molecule has 0 aliphatic carbocycles. The summed E-state index contributed by atoms with van der Waals surface area (Å²) < 4.78 is 0. The minimum Gasteiger partial charge on any atom is -0.353 e. The lowest BCUT2D eigenvalue weighted by Gasteiger charge is -2.26. The highest BCUT2D eigenvalue weighted by Gasteiger charge is 2.21. The second kappa shape index (κ2) is 10.6. The molecule has 0 saturated carbocycles. The zero-order valence-corrected chi connectivity index (χ0v) is 17.0. The molecule has 2 nitrogen and oxygen atoms in total. The summed E-state index contributed by atoms with van der Waals surface area (Å²) in [6.45, 7) is 4.22.